The molecule has 0 fully saturated rings. The van der Waals surface area contributed by atoms with Crippen LogP contribution in [0.4, 0.5) is 30.7 Å². The van der Waals surface area contributed by atoms with Gasteiger partial charge in [-0.25, -0.2) is 14.4 Å². The fourth-order valence-corrected chi connectivity index (χ4v) is 8.66. The molecular weight excluding hydrogens is 1230 g/mol. The van der Waals surface area contributed by atoms with Gasteiger partial charge in [0, 0.05) is 61.3 Å². The highest BCUT2D eigenvalue weighted by Crippen LogP contribution is 2.38. The van der Waals surface area contributed by atoms with Crippen molar-refractivity contribution in [2.75, 3.05) is 62.0 Å². The molecule has 2 aromatic heterocycles. The number of aliphatic hydroxyl groups is 2. The summed E-state index contributed by atoms with van der Waals surface area (Å²) in [6.45, 7) is 1.49. The van der Waals surface area contributed by atoms with Crippen LogP contribution in [0.25, 0.3) is 11.3 Å². The number of hydrogen-bond donors (Lipinski definition) is 4. The van der Waals surface area contributed by atoms with E-state index >= 15 is 0 Å². The lowest BCUT2D eigenvalue weighted by atomic mass is 9.79. The van der Waals surface area contributed by atoms with Crippen molar-refractivity contribution >= 4 is 53.1 Å². The number of halogens is 9. The molecule has 0 aliphatic carbocycles. The topological polar surface area (TPSA) is 232 Å². The van der Waals surface area contributed by atoms with Crippen molar-refractivity contribution in [2.45, 2.75) is 64.0 Å². The van der Waals surface area contributed by atoms with Gasteiger partial charge in [0.05, 0.1) is 88.0 Å². The Kier molecular flexibility index (Phi) is 28.2. The number of Topliss-reactive ketones (excluding diaryl/α,β-unsaturated/α-hetero) is 3. The molecule has 7 rings (SSSR count). The lowest BCUT2D eigenvalue weighted by Gasteiger charge is -2.13. The minimum absolute atomic E-state index is 0.0500. The second-order valence-electron chi connectivity index (χ2n) is 18.9. The predicted molar refractivity (Wildman–Crippen MR) is 315 cm³/mol. The summed E-state index contributed by atoms with van der Waals surface area (Å²) < 4.78 is 131. The first-order valence-electron chi connectivity index (χ1n) is 26.8. The molecule has 7 aromatic rings. The second kappa shape index (κ2) is 34.9. The number of nitrogens with zero attached hydrogens (tertiary/aromatic N) is 2. The number of carbonyl (C=O) groups excluding carboxylic acids is 3. The normalized spacial score (nSPS) is 11.5. The van der Waals surface area contributed by atoms with E-state index in [1.807, 2.05) is 24.3 Å². The number of pyridine rings is 2. The third-order valence-electron chi connectivity index (χ3n) is 12.8. The maximum absolute atomic E-state index is 13.1. The van der Waals surface area contributed by atoms with Crippen LogP contribution in [-0.2, 0) is 46.4 Å². The molecule has 0 radical (unpaired) electrons. The Balaban J connectivity index is 0.000000267. The molecule has 1 atom stereocenters. The van der Waals surface area contributed by atoms with Gasteiger partial charge >= 0.3 is 19.5 Å². The summed E-state index contributed by atoms with van der Waals surface area (Å²) in [6.07, 6.45) is -10.3. The Hall–Kier alpha value is -7.72. The molecule has 0 aliphatic rings. The highest BCUT2D eigenvalue weighted by Gasteiger charge is 2.35. The van der Waals surface area contributed by atoms with Gasteiger partial charge in [0.15, 0.2) is 40.3 Å². The van der Waals surface area contributed by atoms with Gasteiger partial charge in [0.2, 0.25) is 0 Å². The van der Waals surface area contributed by atoms with Crippen LogP contribution in [-0.4, -0.2) is 117 Å². The lowest BCUT2D eigenvalue weighted by Crippen LogP contribution is -2.31. The summed E-state index contributed by atoms with van der Waals surface area (Å²) in [6, 6.07) is 28.8. The summed E-state index contributed by atoms with van der Waals surface area (Å²) in [5, 5.41) is 36.3. The summed E-state index contributed by atoms with van der Waals surface area (Å²) >= 11 is 12.0. The number of alkyl halides is 6. The van der Waals surface area contributed by atoms with E-state index < -0.39 is 58.8 Å². The average Bonchev–Trinajstić information content (AvgIpc) is 2.40. The number of hydrogen-bond acceptors (Lipinski definition) is 17. The summed E-state index contributed by atoms with van der Waals surface area (Å²) in [5.41, 5.74) is 1.20. The molecule has 476 valence electrons. The number of methoxy groups -OCH3 is 5. The average molecular weight is 1290 g/mol. The number of rotatable bonds is 28. The first-order chi connectivity index (χ1) is 42.3. The molecule has 89 heavy (non-hydrogen) atoms. The van der Waals surface area contributed by atoms with E-state index in [0.29, 0.717) is 83.9 Å². The smallest absolute Gasteiger partial charge is 0.488 e. The minimum Gasteiger partial charge on any atom is -0.497 e. The number of aliphatic hydroxyl groups excluding tert-OH is 2. The van der Waals surface area contributed by atoms with Crippen molar-refractivity contribution in [1.29, 1.82) is 0 Å². The van der Waals surface area contributed by atoms with Crippen molar-refractivity contribution in [3.8, 4) is 40.0 Å². The zero-order valence-electron chi connectivity index (χ0n) is 48.6. The minimum atomic E-state index is -4.84. The zero-order chi connectivity index (χ0) is 65.4. The van der Waals surface area contributed by atoms with Crippen LogP contribution in [0.5, 0.6) is 28.7 Å². The molecule has 0 saturated carbocycles. The standard InChI is InChI=1S/C28H32ClNO7.C27H25ClF3NO6.C7H5BF4O2/c1-33-18-21-6-10-23(30-28(21)29)25(32)12-11-24(31)20-7-13-26(27(16-20)35-3)37-15-14-36-17-19-4-8-22(34-2)9-5-19;1-36-15-18-4-7-21(32-26(18)17-3-6-19(20(28)13-17)27(29,30)31)23(35)9-8-22(34)16-5-10-24(38-12-11-33)25(14-16)37-2;9-6-2-1-4(8(13)14)3-5(6)7(10,11)12/h4-10,13,16,25,32H,11-12,14-15,17-18H2,1-3H3;3-7,10,13-14,33H,8-9,11-12,15H2,1-2H3;1-3,13-14H. The molecule has 5 aromatic carbocycles. The van der Waals surface area contributed by atoms with E-state index in [1.165, 1.54) is 45.6 Å². The molecule has 1 unspecified atom stereocenters. The summed E-state index contributed by atoms with van der Waals surface area (Å²) in [7, 11) is 5.54. The molecule has 0 aliphatic heterocycles. The van der Waals surface area contributed by atoms with E-state index in [9.17, 15) is 50.2 Å². The van der Waals surface area contributed by atoms with Crippen LogP contribution < -0.4 is 29.1 Å². The first kappa shape index (κ1) is 72.0. The van der Waals surface area contributed by atoms with E-state index in [4.69, 9.17) is 76.3 Å². The van der Waals surface area contributed by atoms with Crippen LogP contribution in [0.3, 0.4) is 0 Å². The van der Waals surface area contributed by atoms with Crippen molar-refractivity contribution in [3.63, 3.8) is 0 Å². The quantitative estimate of drug-likeness (QED) is 0.0117. The third kappa shape index (κ3) is 21.8. The van der Waals surface area contributed by atoms with Gasteiger partial charge in [-0.1, -0.05) is 59.6 Å². The fraction of sp³-hybridized carbons (Fsp3) is 0.306. The van der Waals surface area contributed by atoms with E-state index in [0.717, 1.165) is 35.1 Å². The summed E-state index contributed by atoms with van der Waals surface area (Å²) in [5.74, 6) is 0.137. The summed E-state index contributed by atoms with van der Waals surface area (Å²) in [4.78, 5) is 46.9. The molecule has 0 amide bonds. The maximum Gasteiger partial charge on any atom is 0.488 e. The van der Waals surface area contributed by atoms with Gasteiger partial charge in [-0.3, -0.25) is 14.4 Å². The van der Waals surface area contributed by atoms with Crippen molar-refractivity contribution < 1.29 is 103 Å². The van der Waals surface area contributed by atoms with Gasteiger partial charge in [-0.05, 0) is 102 Å². The van der Waals surface area contributed by atoms with E-state index in [1.54, 1.807) is 56.7 Å². The number of ether oxygens (including phenoxy) is 8. The molecule has 0 saturated heterocycles. The van der Waals surface area contributed by atoms with Crippen LogP contribution >= 0.6 is 23.2 Å². The van der Waals surface area contributed by atoms with Crippen LogP contribution in [0.2, 0.25) is 10.2 Å². The Labute approximate surface area is 517 Å². The SMILES string of the molecule is COCc1ccc(C(=O)CCC(=O)c2ccc(OCCO)c(OC)c2)nc1-c1ccc(C(F)(F)F)c(Cl)c1.COCc1ccc(C(O)CCC(=O)c2ccc(OCCOCc3ccc(OC)cc3)c(OC)c2)nc1Cl.OB(O)c1ccc(F)c(C(F)(F)F)c1. The number of carbonyl (C=O) groups is 3. The van der Waals surface area contributed by atoms with Gasteiger partial charge < -0.3 is 58.2 Å². The first-order valence-corrected chi connectivity index (χ1v) is 27.6. The Morgan fingerprint density at radius 3 is 1.72 bits per heavy atom. The number of benzene rings is 5. The molecule has 2 heterocycles. The molecule has 0 spiro atoms. The monoisotopic (exact) mass is 1290 g/mol. The van der Waals surface area contributed by atoms with Crippen LogP contribution in [0.1, 0.15) is 96.5 Å². The zero-order valence-corrected chi connectivity index (χ0v) is 50.1. The van der Waals surface area contributed by atoms with Gasteiger partial charge in [-0.15, -0.1) is 0 Å². The highest BCUT2D eigenvalue weighted by atomic mass is 35.5. The third-order valence-corrected chi connectivity index (χ3v) is 13.4. The molecule has 0 bridgehead atoms. The van der Waals surface area contributed by atoms with Crippen molar-refractivity contribution in [3.05, 3.63) is 188 Å². The van der Waals surface area contributed by atoms with E-state index in [-0.39, 0.29) is 79.2 Å². The number of ketones is 3. The Morgan fingerprint density at radius 1 is 0.584 bits per heavy atom. The Bertz CT molecular complexity index is 3470. The lowest BCUT2D eigenvalue weighted by molar-refractivity contribution is -0.140. The Morgan fingerprint density at radius 2 is 1.17 bits per heavy atom. The highest BCUT2D eigenvalue weighted by molar-refractivity contribution is 6.58. The van der Waals surface area contributed by atoms with Gasteiger partial charge in [0.25, 0.3) is 0 Å². The predicted octanol–water partition coefficient (Wildman–Crippen LogP) is 11.5. The molecular formula is C62H62BCl2F7N2O15. The second-order valence-corrected chi connectivity index (χ2v) is 19.7. The van der Waals surface area contributed by atoms with Crippen LogP contribution in [0, 0.1) is 5.82 Å². The molecule has 4 N–H and O–H groups in total. The fourth-order valence-electron chi connectivity index (χ4n) is 8.16. The maximum atomic E-state index is 13.1. The van der Waals surface area contributed by atoms with Crippen molar-refractivity contribution in [1.82, 2.24) is 9.97 Å². The molecule has 17 nitrogen and oxygen atoms in total. The van der Waals surface area contributed by atoms with Crippen molar-refractivity contribution in [2.24, 2.45) is 0 Å². The van der Waals surface area contributed by atoms with Gasteiger partial charge in [-0.2, -0.15) is 26.3 Å². The van der Waals surface area contributed by atoms with Crippen LogP contribution in [0.15, 0.2) is 121 Å². The van der Waals surface area contributed by atoms with Gasteiger partial charge in [0.1, 0.15) is 35.6 Å². The largest absolute Gasteiger partial charge is 0.497 e. The number of aromatic nitrogens is 2. The molecule has 27 heteroatoms. The van der Waals surface area contributed by atoms with E-state index in [2.05, 4.69) is 9.97 Å².